The number of hydrogen-bond donors (Lipinski definition) is 1. The summed E-state index contributed by atoms with van der Waals surface area (Å²) in [5, 5.41) is 0. The molecule has 4 heteroatoms. The van der Waals surface area contributed by atoms with Crippen LogP contribution in [0.15, 0.2) is 66.8 Å². The van der Waals surface area contributed by atoms with Crippen LogP contribution in [0.1, 0.15) is 11.1 Å². The van der Waals surface area contributed by atoms with E-state index in [9.17, 15) is 4.79 Å². The number of benzene rings is 2. The van der Waals surface area contributed by atoms with E-state index in [4.69, 9.17) is 15.2 Å². The summed E-state index contributed by atoms with van der Waals surface area (Å²) >= 11 is 0. The molecule has 2 rings (SSSR count). The van der Waals surface area contributed by atoms with Gasteiger partial charge in [-0.25, -0.2) is 0 Å². The number of primary amides is 1. The van der Waals surface area contributed by atoms with Gasteiger partial charge in [0.2, 0.25) is 5.91 Å². The van der Waals surface area contributed by atoms with Crippen LogP contribution in [0.4, 0.5) is 0 Å². The van der Waals surface area contributed by atoms with Gasteiger partial charge < -0.3 is 15.2 Å². The van der Waals surface area contributed by atoms with E-state index in [0.29, 0.717) is 0 Å². The largest absolute Gasteiger partial charge is 0.497 e. The molecule has 0 saturated heterocycles. The van der Waals surface area contributed by atoms with Crippen molar-refractivity contribution in [1.29, 1.82) is 0 Å². The first-order chi connectivity index (χ1) is 11.1. The minimum absolute atomic E-state index is 0.481. The zero-order valence-electron chi connectivity index (χ0n) is 13.2. The second kappa shape index (κ2) is 7.84. The molecule has 4 nitrogen and oxygen atoms in total. The molecule has 23 heavy (non-hydrogen) atoms. The summed E-state index contributed by atoms with van der Waals surface area (Å²) < 4.78 is 10.4. The minimum atomic E-state index is -0.481. The third-order valence-electron chi connectivity index (χ3n) is 3.33. The standard InChI is InChI=1S/C19H19NO3/c1-22-16-10-6-14(7-11-16)18(4-3-5-19(20)21)15-8-12-17(23-2)13-9-15/h3-13H,1-2H3,(H2,20,21)/b5-3+. The molecule has 0 aliphatic carbocycles. The highest BCUT2D eigenvalue weighted by Gasteiger charge is 2.05. The Balaban J connectivity index is 2.42. The van der Waals surface area contributed by atoms with Crippen LogP contribution >= 0.6 is 0 Å². The molecule has 0 aromatic heterocycles. The van der Waals surface area contributed by atoms with Crippen LogP contribution in [0.3, 0.4) is 0 Å². The van der Waals surface area contributed by atoms with Crippen molar-refractivity contribution < 1.29 is 14.3 Å². The molecule has 2 aromatic rings. The lowest BCUT2D eigenvalue weighted by Crippen LogP contribution is -2.05. The van der Waals surface area contributed by atoms with Gasteiger partial charge in [0.15, 0.2) is 0 Å². The highest BCUT2D eigenvalue weighted by atomic mass is 16.5. The number of carbonyl (C=O) groups excluding carboxylic acids is 1. The lowest BCUT2D eigenvalue weighted by molar-refractivity contribution is -0.113. The van der Waals surface area contributed by atoms with Gasteiger partial charge in [0.05, 0.1) is 14.2 Å². The van der Waals surface area contributed by atoms with Gasteiger partial charge in [-0.1, -0.05) is 36.4 Å². The zero-order chi connectivity index (χ0) is 16.7. The van der Waals surface area contributed by atoms with Gasteiger partial charge in [-0.05, 0) is 41.0 Å². The van der Waals surface area contributed by atoms with Gasteiger partial charge in [0.25, 0.3) is 0 Å². The molecule has 0 aliphatic rings. The number of amides is 1. The van der Waals surface area contributed by atoms with E-state index in [1.54, 1.807) is 20.3 Å². The van der Waals surface area contributed by atoms with E-state index < -0.39 is 5.91 Å². The average molecular weight is 309 g/mol. The summed E-state index contributed by atoms with van der Waals surface area (Å²) in [5.74, 6) is 1.09. The number of hydrogen-bond acceptors (Lipinski definition) is 3. The topological polar surface area (TPSA) is 61.5 Å². The maximum Gasteiger partial charge on any atom is 0.241 e. The Bertz CT molecular complexity index is 664. The fraction of sp³-hybridized carbons (Fsp3) is 0.105. The lowest BCUT2D eigenvalue weighted by atomic mass is 9.97. The number of carbonyl (C=O) groups is 1. The Kier molecular flexibility index (Phi) is 5.58. The van der Waals surface area contributed by atoms with Crippen LogP contribution in [0.2, 0.25) is 0 Å². The average Bonchev–Trinajstić information content (AvgIpc) is 2.59. The van der Waals surface area contributed by atoms with Gasteiger partial charge in [0.1, 0.15) is 11.5 Å². The van der Waals surface area contributed by atoms with Crippen molar-refractivity contribution in [3.05, 3.63) is 77.9 Å². The molecular weight excluding hydrogens is 290 g/mol. The van der Waals surface area contributed by atoms with E-state index in [2.05, 4.69) is 0 Å². The first kappa shape index (κ1) is 16.4. The van der Waals surface area contributed by atoms with Crippen molar-refractivity contribution in [2.45, 2.75) is 0 Å². The van der Waals surface area contributed by atoms with Gasteiger partial charge in [-0.2, -0.15) is 0 Å². The smallest absolute Gasteiger partial charge is 0.241 e. The highest BCUT2D eigenvalue weighted by molar-refractivity contribution is 5.87. The van der Waals surface area contributed by atoms with Crippen molar-refractivity contribution in [2.75, 3.05) is 14.2 Å². The van der Waals surface area contributed by atoms with Crippen LogP contribution < -0.4 is 15.2 Å². The van der Waals surface area contributed by atoms with E-state index >= 15 is 0 Å². The second-order valence-corrected chi connectivity index (χ2v) is 4.80. The minimum Gasteiger partial charge on any atom is -0.497 e. The second-order valence-electron chi connectivity index (χ2n) is 4.80. The normalized spacial score (nSPS) is 10.3. The third kappa shape index (κ3) is 4.48. The summed E-state index contributed by atoms with van der Waals surface area (Å²) in [6.07, 6.45) is 4.83. The molecule has 0 atom stereocenters. The maximum absolute atomic E-state index is 10.9. The summed E-state index contributed by atoms with van der Waals surface area (Å²) in [4.78, 5) is 10.9. The third-order valence-corrected chi connectivity index (χ3v) is 3.33. The van der Waals surface area contributed by atoms with E-state index in [-0.39, 0.29) is 0 Å². The molecule has 0 bridgehead atoms. The first-order valence-corrected chi connectivity index (χ1v) is 7.10. The Hall–Kier alpha value is -3.01. The quantitative estimate of drug-likeness (QED) is 0.658. The van der Waals surface area contributed by atoms with Gasteiger partial charge in [0, 0.05) is 6.08 Å². The van der Waals surface area contributed by atoms with Crippen molar-refractivity contribution >= 4 is 11.5 Å². The van der Waals surface area contributed by atoms with Crippen molar-refractivity contribution in [1.82, 2.24) is 0 Å². The molecule has 0 fully saturated rings. The molecule has 1 amide bonds. The molecule has 0 aliphatic heterocycles. The van der Waals surface area contributed by atoms with Crippen LogP contribution in [0.5, 0.6) is 11.5 Å². The Labute approximate surface area is 135 Å². The zero-order valence-corrected chi connectivity index (χ0v) is 13.2. The van der Waals surface area contributed by atoms with Gasteiger partial charge in [-0.3, -0.25) is 4.79 Å². The van der Waals surface area contributed by atoms with Gasteiger partial charge in [-0.15, -0.1) is 0 Å². The fourth-order valence-corrected chi connectivity index (χ4v) is 2.14. The number of ether oxygens (including phenoxy) is 2. The monoisotopic (exact) mass is 309 g/mol. The summed E-state index contributed by atoms with van der Waals surface area (Å²) in [5.41, 5.74) is 8.12. The molecule has 0 unspecified atom stereocenters. The molecule has 118 valence electrons. The highest BCUT2D eigenvalue weighted by Crippen LogP contribution is 2.27. The molecule has 0 radical (unpaired) electrons. The van der Waals surface area contributed by atoms with Crippen LogP contribution in [-0.2, 0) is 4.79 Å². The molecule has 0 saturated carbocycles. The summed E-state index contributed by atoms with van der Waals surface area (Å²) in [7, 11) is 3.26. The SMILES string of the molecule is COc1ccc(C(=C/C=C/C(N)=O)c2ccc(OC)cc2)cc1. The summed E-state index contributed by atoms with van der Waals surface area (Å²) in [6.45, 7) is 0. The molecule has 0 spiro atoms. The van der Waals surface area contributed by atoms with Crippen LogP contribution in [0, 0.1) is 0 Å². The van der Waals surface area contributed by atoms with Crippen molar-refractivity contribution in [3.63, 3.8) is 0 Å². The van der Waals surface area contributed by atoms with E-state index in [0.717, 1.165) is 28.2 Å². The van der Waals surface area contributed by atoms with Crippen LogP contribution in [0.25, 0.3) is 5.57 Å². The number of nitrogens with two attached hydrogens (primary N) is 1. The molecule has 2 aromatic carbocycles. The van der Waals surface area contributed by atoms with Crippen LogP contribution in [-0.4, -0.2) is 20.1 Å². The van der Waals surface area contributed by atoms with E-state index in [1.165, 1.54) is 6.08 Å². The fourth-order valence-electron chi connectivity index (χ4n) is 2.14. The maximum atomic E-state index is 10.9. The molecule has 2 N–H and O–H groups in total. The number of allylic oxidation sites excluding steroid dienone is 2. The Morgan fingerprint density at radius 1 is 0.870 bits per heavy atom. The predicted octanol–water partition coefficient (Wildman–Crippen LogP) is 3.18. The molecular formula is C19H19NO3. The Morgan fingerprint density at radius 2 is 1.30 bits per heavy atom. The lowest BCUT2D eigenvalue weighted by Gasteiger charge is -2.10. The first-order valence-electron chi connectivity index (χ1n) is 7.10. The number of methoxy groups -OCH3 is 2. The Morgan fingerprint density at radius 3 is 1.65 bits per heavy atom. The number of rotatable bonds is 6. The van der Waals surface area contributed by atoms with E-state index in [1.807, 2.05) is 54.6 Å². The van der Waals surface area contributed by atoms with Gasteiger partial charge >= 0.3 is 0 Å². The molecule has 0 heterocycles. The van der Waals surface area contributed by atoms with Crippen molar-refractivity contribution in [2.24, 2.45) is 5.73 Å². The van der Waals surface area contributed by atoms with Crippen molar-refractivity contribution in [3.8, 4) is 11.5 Å². The summed E-state index contributed by atoms with van der Waals surface area (Å²) in [6, 6.07) is 15.4. The predicted molar refractivity (Wildman–Crippen MR) is 91.4 cm³/mol.